The molecule has 1 heterocycles. The predicted octanol–water partition coefficient (Wildman–Crippen LogP) is 1.84. The number of aromatic nitrogens is 1. The normalized spacial score (nSPS) is 10.2. The van der Waals surface area contributed by atoms with Gasteiger partial charge in [0.15, 0.2) is 17.2 Å². The lowest BCUT2D eigenvalue weighted by Crippen LogP contribution is -2.25. The van der Waals surface area contributed by atoms with Crippen molar-refractivity contribution in [2.45, 2.75) is 6.42 Å². The zero-order chi connectivity index (χ0) is 18.4. The second kappa shape index (κ2) is 8.34. The van der Waals surface area contributed by atoms with Gasteiger partial charge in [-0.1, -0.05) is 0 Å². The van der Waals surface area contributed by atoms with Gasteiger partial charge in [-0.05, 0) is 12.1 Å². The fourth-order valence-electron chi connectivity index (χ4n) is 2.12. The third-order valence-corrected chi connectivity index (χ3v) is 4.23. The van der Waals surface area contributed by atoms with Gasteiger partial charge in [0.05, 0.1) is 26.3 Å². The minimum absolute atomic E-state index is 0.0101. The Bertz CT molecular complexity index is 749. The van der Waals surface area contributed by atoms with Gasteiger partial charge in [-0.3, -0.25) is 4.79 Å². The highest BCUT2D eigenvalue weighted by Crippen LogP contribution is 2.38. The van der Waals surface area contributed by atoms with Crippen LogP contribution in [0.15, 0.2) is 17.5 Å². The van der Waals surface area contributed by atoms with Gasteiger partial charge in [0, 0.05) is 23.9 Å². The molecule has 0 aliphatic carbocycles. The molecule has 0 atom stereocenters. The Morgan fingerprint density at radius 3 is 2.28 bits per heavy atom. The Hall–Kier alpha value is -2.81. The van der Waals surface area contributed by atoms with E-state index in [1.54, 1.807) is 12.1 Å². The summed E-state index contributed by atoms with van der Waals surface area (Å²) in [6.45, 7) is 0.321. The summed E-state index contributed by atoms with van der Waals surface area (Å²) < 4.78 is 15.7. The molecule has 9 heteroatoms. The molecular weight excluding hydrogens is 348 g/mol. The summed E-state index contributed by atoms with van der Waals surface area (Å²) in [4.78, 5) is 27.1. The van der Waals surface area contributed by atoms with E-state index < -0.39 is 5.97 Å². The number of nitrogens with zero attached hydrogens (tertiary/aromatic N) is 1. The molecule has 2 N–H and O–H groups in total. The fourth-order valence-corrected chi connectivity index (χ4v) is 2.89. The molecule has 25 heavy (non-hydrogen) atoms. The highest BCUT2D eigenvalue weighted by molar-refractivity contribution is 7.09. The Labute approximate surface area is 148 Å². The first-order valence-corrected chi connectivity index (χ1v) is 8.14. The Balaban J connectivity index is 2.03. The molecule has 0 bridgehead atoms. The average Bonchev–Trinajstić information content (AvgIpc) is 3.09. The van der Waals surface area contributed by atoms with E-state index in [-0.39, 0.29) is 11.6 Å². The number of carboxylic acids is 1. The minimum atomic E-state index is -1.07. The van der Waals surface area contributed by atoms with Crippen LogP contribution in [0.3, 0.4) is 0 Å². The summed E-state index contributed by atoms with van der Waals surface area (Å²) in [5.41, 5.74) is 0.371. The molecule has 0 spiro atoms. The molecule has 2 aromatic rings. The molecule has 0 fully saturated rings. The van der Waals surface area contributed by atoms with Crippen LogP contribution in [0.1, 0.15) is 25.9 Å². The molecule has 1 aromatic carbocycles. The van der Waals surface area contributed by atoms with E-state index >= 15 is 0 Å². The Morgan fingerprint density at radius 1 is 1.16 bits per heavy atom. The van der Waals surface area contributed by atoms with Crippen LogP contribution in [0.5, 0.6) is 17.2 Å². The molecule has 1 amide bonds. The van der Waals surface area contributed by atoms with Gasteiger partial charge in [-0.15, -0.1) is 11.3 Å². The summed E-state index contributed by atoms with van der Waals surface area (Å²) in [7, 11) is 4.43. The van der Waals surface area contributed by atoms with Gasteiger partial charge in [-0.25, -0.2) is 9.78 Å². The van der Waals surface area contributed by atoms with Crippen molar-refractivity contribution in [2.24, 2.45) is 0 Å². The molecule has 0 saturated heterocycles. The number of carboxylic acid groups (broad SMARTS) is 1. The molecule has 1 aromatic heterocycles. The van der Waals surface area contributed by atoms with Crippen molar-refractivity contribution in [3.05, 3.63) is 33.8 Å². The van der Waals surface area contributed by atoms with Gasteiger partial charge < -0.3 is 24.6 Å². The molecule has 0 radical (unpaired) electrons. The van der Waals surface area contributed by atoms with Crippen LogP contribution in [0, 0.1) is 0 Å². The average molecular weight is 366 g/mol. The van der Waals surface area contributed by atoms with Gasteiger partial charge in [-0.2, -0.15) is 0 Å². The van der Waals surface area contributed by atoms with Crippen LogP contribution in [0.2, 0.25) is 0 Å². The second-order valence-corrected chi connectivity index (χ2v) is 5.79. The number of carbonyl (C=O) groups is 2. The first kappa shape index (κ1) is 18.5. The zero-order valence-electron chi connectivity index (χ0n) is 14.0. The van der Waals surface area contributed by atoms with Crippen LogP contribution in [-0.2, 0) is 6.42 Å². The van der Waals surface area contributed by atoms with Crippen LogP contribution in [0.4, 0.5) is 0 Å². The third kappa shape index (κ3) is 4.38. The van der Waals surface area contributed by atoms with Gasteiger partial charge in [0.1, 0.15) is 0 Å². The van der Waals surface area contributed by atoms with E-state index in [4.69, 9.17) is 19.3 Å². The van der Waals surface area contributed by atoms with E-state index in [1.807, 2.05) is 0 Å². The monoisotopic (exact) mass is 366 g/mol. The predicted molar refractivity (Wildman–Crippen MR) is 91.2 cm³/mol. The van der Waals surface area contributed by atoms with Gasteiger partial charge in [0.2, 0.25) is 5.75 Å². The van der Waals surface area contributed by atoms with Crippen molar-refractivity contribution >= 4 is 23.2 Å². The van der Waals surface area contributed by atoms with Crippen LogP contribution < -0.4 is 19.5 Å². The second-order valence-electron chi connectivity index (χ2n) is 4.85. The van der Waals surface area contributed by atoms with Gasteiger partial charge in [0.25, 0.3) is 5.91 Å². The number of nitrogens with one attached hydrogen (secondary N) is 1. The van der Waals surface area contributed by atoms with E-state index in [0.29, 0.717) is 40.8 Å². The number of aromatic carboxylic acids is 1. The maximum atomic E-state index is 12.3. The fraction of sp³-hybridized carbons (Fsp3) is 0.312. The number of ether oxygens (including phenoxy) is 3. The summed E-state index contributed by atoms with van der Waals surface area (Å²) in [5.74, 6) is -0.195. The van der Waals surface area contributed by atoms with Gasteiger partial charge >= 0.3 is 5.97 Å². The number of amides is 1. The van der Waals surface area contributed by atoms with Crippen LogP contribution in [-0.4, -0.2) is 49.8 Å². The standard InChI is InChI=1S/C16H18N2O6S/c1-22-11-6-9(7-12(23-2)14(11)24-3)15(19)17-5-4-13-18-10(8-25-13)16(20)21/h6-8H,4-5H2,1-3H3,(H,17,19)(H,20,21). The largest absolute Gasteiger partial charge is 0.493 e. The lowest BCUT2D eigenvalue weighted by atomic mass is 10.1. The first-order chi connectivity index (χ1) is 12.0. The minimum Gasteiger partial charge on any atom is -0.493 e. The zero-order valence-corrected chi connectivity index (χ0v) is 14.8. The van der Waals surface area contributed by atoms with E-state index in [1.165, 1.54) is 38.0 Å². The van der Waals surface area contributed by atoms with Crippen molar-refractivity contribution in [3.63, 3.8) is 0 Å². The summed E-state index contributed by atoms with van der Waals surface area (Å²) in [5, 5.41) is 13.7. The topological polar surface area (TPSA) is 107 Å². The number of thiazole rings is 1. The van der Waals surface area contributed by atoms with E-state index in [9.17, 15) is 9.59 Å². The van der Waals surface area contributed by atoms with E-state index in [0.717, 1.165) is 0 Å². The molecule has 0 unspecified atom stereocenters. The quantitative estimate of drug-likeness (QED) is 0.734. The number of hydrogen-bond donors (Lipinski definition) is 2. The third-order valence-electron chi connectivity index (χ3n) is 3.32. The maximum absolute atomic E-state index is 12.3. The summed E-state index contributed by atoms with van der Waals surface area (Å²) >= 11 is 1.24. The smallest absolute Gasteiger partial charge is 0.355 e. The van der Waals surface area contributed by atoms with Crippen LogP contribution in [0.25, 0.3) is 0 Å². The maximum Gasteiger partial charge on any atom is 0.355 e. The van der Waals surface area contributed by atoms with Crippen molar-refractivity contribution in [3.8, 4) is 17.2 Å². The lowest BCUT2D eigenvalue weighted by molar-refractivity contribution is 0.0690. The summed E-state index contributed by atoms with van der Waals surface area (Å²) in [6, 6.07) is 3.12. The molecule has 134 valence electrons. The molecule has 0 saturated carbocycles. The van der Waals surface area contributed by atoms with Crippen molar-refractivity contribution in [2.75, 3.05) is 27.9 Å². The van der Waals surface area contributed by atoms with Crippen molar-refractivity contribution in [1.82, 2.24) is 10.3 Å². The van der Waals surface area contributed by atoms with E-state index in [2.05, 4.69) is 10.3 Å². The van der Waals surface area contributed by atoms with Crippen LogP contribution >= 0.6 is 11.3 Å². The highest BCUT2D eigenvalue weighted by Gasteiger charge is 2.17. The molecule has 0 aliphatic rings. The first-order valence-electron chi connectivity index (χ1n) is 7.26. The SMILES string of the molecule is COc1cc(C(=O)NCCc2nc(C(=O)O)cs2)cc(OC)c1OC. The molecular formula is C16H18N2O6S. The Kier molecular flexibility index (Phi) is 6.18. The number of methoxy groups -OCH3 is 3. The molecule has 2 rings (SSSR count). The number of carbonyl (C=O) groups excluding carboxylic acids is 1. The highest BCUT2D eigenvalue weighted by atomic mass is 32.1. The lowest BCUT2D eigenvalue weighted by Gasteiger charge is -2.14. The molecule has 8 nitrogen and oxygen atoms in total. The van der Waals surface area contributed by atoms with Crippen molar-refractivity contribution < 1.29 is 28.9 Å². The number of benzene rings is 1. The number of hydrogen-bond acceptors (Lipinski definition) is 7. The van der Waals surface area contributed by atoms with Crippen molar-refractivity contribution in [1.29, 1.82) is 0 Å². The summed E-state index contributed by atoms with van der Waals surface area (Å²) in [6.07, 6.45) is 0.439. The number of rotatable bonds is 8. The molecule has 0 aliphatic heterocycles. The Morgan fingerprint density at radius 2 is 1.80 bits per heavy atom.